The molecule has 0 atom stereocenters. The highest BCUT2D eigenvalue weighted by Gasteiger charge is 2.24. The Morgan fingerprint density at radius 2 is 1.76 bits per heavy atom. The first-order chi connectivity index (χ1) is 20.0. The first-order valence-corrected chi connectivity index (χ1v) is 13.2. The lowest BCUT2D eigenvalue weighted by Crippen LogP contribution is -2.27. The standard InChI is InChI=1S/C32H31FN4O5/c1-32(2,3)42-31(38)26(18-22-12-8-13-23(16-22)20-41-4)36-30-25(17-21-10-6-5-7-11-21)35-27(19-34-30)24-14-9-15-28(29(24)33)37(39)40/h5-16,18-19H,17,20H2,1-4H3,(H,34,36)/b26-18-. The number of halogens is 1. The normalized spacial score (nSPS) is 11.7. The number of carbonyl (C=O) groups is 1. The van der Waals surface area contributed by atoms with Crippen molar-refractivity contribution < 1.29 is 23.6 Å². The molecule has 0 aliphatic rings. The van der Waals surface area contributed by atoms with Crippen molar-refractivity contribution in [3.05, 3.63) is 123 Å². The molecule has 3 aromatic carbocycles. The highest BCUT2D eigenvalue weighted by atomic mass is 19.1. The molecule has 0 saturated heterocycles. The second-order valence-electron chi connectivity index (χ2n) is 10.5. The number of nitrogens with zero attached hydrogens (tertiary/aromatic N) is 3. The van der Waals surface area contributed by atoms with Crippen LogP contribution in [0.25, 0.3) is 17.3 Å². The molecule has 10 heteroatoms. The predicted octanol–water partition coefficient (Wildman–Crippen LogP) is 6.72. The Morgan fingerprint density at radius 3 is 2.45 bits per heavy atom. The van der Waals surface area contributed by atoms with Crippen molar-refractivity contribution in [1.29, 1.82) is 0 Å². The van der Waals surface area contributed by atoms with E-state index in [0.29, 0.717) is 12.3 Å². The second-order valence-corrected chi connectivity index (χ2v) is 10.5. The van der Waals surface area contributed by atoms with E-state index in [1.54, 1.807) is 34.0 Å². The minimum atomic E-state index is -1.01. The van der Waals surface area contributed by atoms with Crippen LogP contribution in [0.2, 0.25) is 0 Å². The zero-order chi connectivity index (χ0) is 30.3. The van der Waals surface area contributed by atoms with Crippen LogP contribution in [0.5, 0.6) is 0 Å². The van der Waals surface area contributed by atoms with E-state index < -0.39 is 28.0 Å². The van der Waals surface area contributed by atoms with Gasteiger partial charge in [-0.15, -0.1) is 0 Å². The maximum absolute atomic E-state index is 15.1. The van der Waals surface area contributed by atoms with Crippen molar-refractivity contribution in [1.82, 2.24) is 9.97 Å². The number of methoxy groups -OCH3 is 1. The van der Waals surface area contributed by atoms with Crippen LogP contribution < -0.4 is 5.32 Å². The van der Waals surface area contributed by atoms with E-state index in [9.17, 15) is 14.9 Å². The zero-order valence-corrected chi connectivity index (χ0v) is 23.8. The number of benzene rings is 3. The van der Waals surface area contributed by atoms with Crippen LogP contribution in [-0.2, 0) is 27.3 Å². The molecular formula is C32H31FN4O5. The van der Waals surface area contributed by atoms with Gasteiger partial charge in [0.25, 0.3) is 0 Å². The molecule has 0 radical (unpaired) electrons. The Labute approximate surface area is 243 Å². The number of carbonyl (C=O) groups excluding carboxylic acids is 1. The van der Waals surface area contributed by atoms with Crippen molar-refractivity contribution in [2.45, 2.75) is 39.4 Å². The number of nitrogens with one attached hydrogen (secondary N) is 1. The first kappa shape index (κ1) is 30.0. The number of hydrogen-bond acceptors (Lipinski definition) is 8. The fourth-order valence-corrected chi connectivity index (χ4v) is 4.15. The van der Waals surface area contributed by atoms with E-state index in [1.807, 2.05) is 54.6 Å². The molecule has 0 aliphatic heterocycles. The number of aromatic nitrogens is 2. The molecule has 0 aliphatic carbocycles. The van der Waals surface area contributed by atoms with Crippen LogP contribution in [-0.4, -0.2) is 33.6 Å². The Kier molecular flexibility index (Phi) is 9.39. The van der Waals surface area contributed by atoms with Gasteiger partial charge in [-0.3, -0.25) is 10.1 Å². The summed E-state index contributed by atoms with van der Waals surface area (Å²) in [7, 11) is 1.60. The van der Waals surface area contributed by atoms with Gasteiger partial charge in [-0.2, -0.15) is 4.39 Å². The lowest BCUT2D eigenvalue weighted by atomic mass is 10.1. The van der Waals surface area contributed by atoms with Crippen molar-refractivity contribution in [2.24, 2.45) is 0 Å². The van der Waals surface area contributed by atoms with Gasteiger partial charge in [0.2, 0.25) is 5.82 Å². The Hall–Kier alpha value is -4.96. The lowest BCUT2D eigenvalue weighted by Gasteiger charge is -2.21. The van der Waals surface area contributed by atoms with Crippen molar-refractivity contribution >= 4 is 23.6 Å². The number of nitro groups is 1. The third kappa shape index (κ3) is 7.82. The van der Waals surface area contributed by atoms with E-state index in [4.69, 9.17) is 9.47 Å². The van der Waals surface area contributed by atoms with Gasteiger partial charge in [-0.25, -0.2) is 14.8 Å². The number of esters is 1. The molecule has 1 N–H and O–H groups in total. The summed E-state index contributed by atoms with van der Waals surface area (Å²) in [5, 5.41) is 14.4. The molecule has 4 rings (SSSR count). The molecule has 0 spiro atoms. The summed E-state index contributed by atoms with van der Waals surface area (Å²) in [6.07, 6.45) is 3.24. The Morgan fingerprint density at radius 1 is 1.05 bits per heavy atom. The van der Waals surface area contributed by atoms with Crippen molar-refractivity contribution in [3.63, 3.8) is 0 Å². The topological polar surface area (TPSA) is 116 Å². The summed E-state index contributed by atoms with van der Waals surface area (Å²) in [6.45, 7) is 5.71. The summed E-state index contributed by atoms with van der Waals surface area (Å²) in [4.78, 5) is 33.0. The monoisotopic (exact) mass is 570 g/mol. The smallest absolute Gasteiger partial charge is 0.355 e. The van der Waals surface area contributed by atoms with Crippen molar-refractivity contribution in [3.8, 4) is 11.3 Å². The maximum atomic E-state index is 15.1. The highest BCUT2D eigenvalue weighted by molar-refractivity contribution is 5.97. The molecular weight excluding hydrogens is 539 g/mol. The molecule has 1 aromatic heterocycles. The van der Waals surface area contributed by atoms with Gasteiger partial charge in [0.05, 0.1) is 29.1 Å². The van der Waals surface area contributed by atoms with Gasteiger partial charge < -0.3 is 14.8 Å². The molecule has 4 aromatic rings. The third-order valence-electron chi connectivity index (χ3n) is 5.95. The number of rotatable bonds is 10. The third-order valence-corrected chi connectivity index (χ3v) is 5.95. The Balaban J connectivity index is 1.81. The fraction of sp³-hybridized carbons (Fsp3) is 0.219. The minimum Gasteiger partial charge on any atom is -0.455 e. The van der Waals surface area contributed by atoms with Crippen LogP contribution in [0.1, 0.15) is 43.2 Å². The first-order valence-electron chi connectivity index (χ1n) is 13.2. The van der Waals surface area contributed by atoms with E-state index in [-0.39, 0.29) is 29.2 Å². The number of hydrogen-bond donors (Lipinski definition) is 1. The minimum absolute atomic E-state index is 0.0598. The summed E-state index contributed by atoms with van der Waals surface area (Å²) >= 11 is 0. The molecule has 42 heavy (non-hydrogen) atoms. The molecule has 0 fully saturated rings. The molecule has 0 saturated carbocycles. The molecule has 9 nitrogen and oxygen atoms in total. The van der Waals surface area contributed by atoms with Gasteiger partial charge in [-0.05, 0) is 55.7 Å². The number of ether oxygens (including phenoxy) is 2. The summed E-state index contributed by atoms with van der Waals surface area (Å²) in [5.41, 5.74) is 1.67. The van der Waals surface area contributed by atoms with Crippen molar-refractivity contribution in [2.75, 3.05) is 12.4 Å². The predicted molar refractivity (Wildman–Crippen MR) is 158 cm³/mol. The van der Waals surface area contributed by atoms with E-state index in [2.05, 4.69) is 15.3 Å². The summed E-state index contributed by atoms with van der Waals surface area (Å²) in [6, 6.07) is 20.8. The largest absolute Gasteiger partial charge is 0.455 e. The maximum Gasteiger partial charge on any atom is 0.355 e. The van der Waals surface area contributed by atoms with Crippen LogP contribution in [0.15, 0.2) is 84.7 Å². The average molecular weight is 571 g/mol. The van der Waals surface area contributed by atoms with Gasteiger partial charge in [-0.1, -0.05) is 54.6 Å². The number of nitro benzene ring substituents is 1. The van der Waals surface area contributed by atoms with Gasteiger partial charge >= 0.3 is 11.7 Å². The fourth-order valence-electron chi connectivity index (χ4n) is 4.15. The Bertz CT molecular complexity index is 1620. The molecule has 0 amide bonds. The van der Waals surface area contributed by atoms with E-state index in [1.165, 1.54) is 18.3 Å². The molecule has 0 unspecified atom stereocenters. The number of anilines is 1. The van der Waals surface area contributed by atoms with Gasteiger partial charge in [0.1, 0.15) is 11.3 Å². The molecule has 0 bridgehead atoms. The van der Waals surface area contributed by atoms with Crippen LogP contribution >= 0.6 is 0 Å². The second kappa shape index (κ2) is 13.1. The van der Waals surface area contributed by atoms with Crippen LogP contribution in [0, 0.1) is 15.9 Å². The highest BCUT2D eigenvalue weighted by Crippen LogP contribution is 2.29. The van der Waals surface area contributed by atoms with Crippen LogP contribution in [0.4, 0.5) is 15.9 Å². The molecule has 1 heterocycles. The zero-order valence-electron chi connectivity index (χ0n) is 23.8. The SMILES string of the molecule is COCc1cccc(/C=C(\Nc2ncc(-c3cccc([N+](=O)[O-])c3F)nc2Cc2ccccc2)C(=O)OC(C)(C)C)c1. The average Bonchev–Trinajstić information content (AvgIpc) is 2.93. The van der Waals surface area contributed by atoms with Gasteiger partial charge in [0, 0.05) is 25.2 Å². The van der Waals surface area contributed by atoms with E-state index in [0.717, 1.165) is 22.8 Å². The van der Waals surface area contributed by atoms with Crippen LogP contribution in [0.3, 0.4) is 0 Å². The summed E-state index contributed by atoms with van der Waals surface area (Å²) < 4.78 is 26.0. The summed E-state index contributed by atoms with van der Waals surface area (Å²) in [5.74, 6) is -1.37. The molecule has 216 valence electrons. The van der Waals surface area contributed by atoms with Gasteiger partial charge in [0.15, 0.2) is 5.82 Å². The lowest BCUT2D eigenvalue weighted by molar-refractivity contribution is -0.387. The van der Waals surface area contributed by atoms with E-state index >= 15 is 4.39 Å². The quantitative estimate of drug-likeness (QED) is 0.0966.